The number of hydrogen-bond donors (Lipinski definition) is 2. The Balaban J connectivity index is 2.27. The van der Waals surface area contributed by atoms with Crippen molar-refractivity contribution in [3.05, 3.63) is 82.7 Å². The molecule has 2 N–H and O–H groups in total. The highest BCUT2D eigenvalue weighted by molar-refractivity contribution is 6.13. The summed E-state index contributed by atoms with van der Waals surface area (Å²) in [4.78, 5) is 6.90. The summed E-state index contributed by atoms with van der Waals surface area (Å²) in [5.41, 5.74) is 5.73. The Bertz CT molecular complexity index is 891. The van der Waals surface area contributed by atoms with Gasteiger partial charge >= 0.3 is 0 Å². The first-order chi connectivity index (χ1) is 16.0. The Kier molecular flexibility index (Phi) is 11.7. The van der Waals surface area contributed by atoms with Gasteiger partial charge in [0.25, 0.3) is 0 Å². The van der Waals surface area contributed by atoms with E-state index in [-0.39, 0.29) is 5.83 Å². The van der Waals surface area contributed by atoms with Crippen LogP contribution in [0.1, 0.15) is 53.9 Å². The second kappa shape index (κ2) is 14.5. The minimum Gasteiger partial charge on any atom is -0.380 e. The molecule has 33 heavy (non-hydrogen) atoms. The van der Waals surface area contributed by atoms with Gasteiger partial charge in [-0.15, -0.1) is 0 Å². The molecule has 0 amide bonds. The first-order valence-corrected chi connectivity index (χ1v) is 12.2. The third-order valence-electron chi connectivity index (χ3n) is 5.76. The van der Waals surface area contributed by atoms with Gasteiger partial charge in [0.05, 0.1) is 17.1 Å². The van der Waals surface area contributed by atoms with Gasteiger partial charge in [0.1, 0.15) is 5.83 Å². The van der Waals surface area contributed by atoms with Crippen molar-refractivity contribution in [1.29, 1.82) is 0 Å². The predicted molar refractivity (Wildman–Crippen MR) is 141 cm³/mol. The number of nitrogens with one attached hydrogen (secondary N) is 2. The topological polar surface area (TPSA) is 39.7 Å². The molecular formula is C28H41FN4. The lowest BCUT2D eigenvalue weighted by Crippen LogP contribution is -2.44. The number of halogens is 1. The molecule has 0 aromatic carbocycles. The van der Waals surface area contributed by atoms with Crippen molar-refractivity contribution in [2.75, 3.05) is 32.7 Å². The molecule has 0 unspecified atom stereocenters. The SMILES string of the molecule is C\C=C/N=C1\C=C(CNC(=C/C)/C(=C\C=C(C)CC)N2CCNCC2)C=C(F)\C1=C/CCC. The summed E-state index contributed by atoms with van der Waals surface area (Å²) in [6.07, 6.45) is 18.5. The molecule has 1 heterocycles. The van der Waals surface area contributed by atoms with Crippen LogP contribution in [0.15, 0.2) is 87.7 Å². The van der Waals surface area contributed by atoms with E-state index in [0.29, 0.717) is 17.8 Å². The fourth-order valence-electron chi connectivity index (χ4n) is 3.66. The second-order valence-corrected chi connectivity index (χ2v) is 8.33. The molecule has 2 rings (SSSR count). The van der Waals surface area contributed by atoms with Gasteiger partial charge in [-0.05, 0) is 57.4 Å². The van der Waals surface area contributed by atoms with E-state index in [1.165, 1.54) is 11.3 Å². The molecular weight excluding hydrogens is 411 g/mol. The Morgan fingerprint density at radius 1 is 1.18 bits per heavy atom. The Morgan fingerprint density at radius 3 is 2.58 bits per heavy atom. The number of unbranched alkanes of at least 4 members (excludes halogenated alkanes) is 1. The number of rotatable bonds is 10. The maximum absolute atomic E-state index is 15.0. The fourth-order valence-corrected chi connectivity index (χ4v) is 3.66. The van der Waals surface area contributed by atoms with Crippen LogP contribution in [0.2, 0.25) is 0 Å². The molecule has 1 aliphatic heterocycles. The second-order valence-electron chi connectivity index (χ2n) is 8.33. The quantitative estimate of drug-likeness (QED) is 0.392. The van der Waals surface area contributed by atoms with Gasteiger partial charge < -0.3 is 15.5 Å². The Hall–Kier alpha value is -2.66. The summed E-state index contributed by atoms with van der Waals surface area (Å²) in [6.45, 7) is 14.8. The molecule has 4 nitrogen and oxygen atoms in total. The van der Waals surface area contributed by atoms with Crippen LogP contribution in [0, 0.1) is 0 Å². The zero-order chi connectivity index (χ0) is 24.1. The van der Waals surface area contributed by atoms with Crippen molar-refractivity contribution >= 4 is 5.71 Å². The van der Waals surface area contributed by atoms with E-state index in [2.05, 4.69) is 59.5 Å². The molecule has 0 saturated carbocycles. The molecule has 0 aromatic heterocycles. The standard InChI is InChI=1S/C28H41FN4/c1-6-10-11-24-25(29)19-23(20-27(24)31-14-7-2)21-32-26(9-4)28(13-12-22(5)8-3)33-17-15-30-16-18-33/h7,9,11-14,19-20,30,32H,6,8,10,15-18,21H2,1-5H3/b14-7-,22-12?,24-11+,26-9+,28-13+,31-27+. The summed E-state index contributed by atoms with van der Waals surface area (Å²) < 4.78 is 15.0. The van der Waals surface area contributed by atoms with Gasteiger partial charge in [-0.2, -0.15) is 0 Å². The molecule has 5 heteroatoms. The summed E-state index contributed by atoms with van der Waals surface area (Å²) in [7, 11) is 0. The van der Waals surface area contributed by atoms with E-state index in [1.54, 1.807) is 12.3 Å². The summed E-state index contributed by atoms with van der Waals surface area (Å²) >= 11 is 0. The van der Waals surface area contributed by atoms with Crippen LogP contribution in [0.5, 0.6) is 0 Å². The maximum Gasteiger partial charge on any atom is 0.132 e. The minimum atomic E-state index is -0.215. The predicted octanol–water partition coefficient (Wildman–Crippen LogP) is 6.12. The van der Waals surface area contributed by atoms with Crippen LogP contribution in [0.25, 0.3) is 0 Å². The molecule has 0 atom stereocenters. The average Bonchev–Trinajstić information content (AvgIpc) is 2.84. The van der Waals surface area contributed by atoms with Gasteiger partial charge in [0.2, 0.25) is 0 Å². The third kappa shape index (κ3) is 8.32. The molecule has 0 bridgehead atoms. The van der Waals surface area contributed by atoms with Gasteiger partial charge in [0.15, 0.2) is 0 Å². The molecule has 2 aliphatic rings. The minimum absolute atomic E-state index is 0.215. The monoisotopic (exact) mass is 452 g/mol. The fraction of sp³-hybridized carbons (Fsp3) is 0.464. The van der Waals surface area contributed by atoms with Crippen LogP contribution in [0.3, 0.4) is 0 Å². The third-order valence-corrected chi connectivity index (χ3v) is 5.76. The summed E-state index contributed by atoms with van der Waals surface area (Å²) in [5, 5.41) is 6.99. The number of nitrogens with zero attached hydrogens (tertiary/aromatic N) is 2. The first kappa shape index (κ1) is 26.6. The van der Waals surface area contributed by atoms with E-state index in [4.69, 9.17) is 0 Å². The highest BCUT2D eigenvalue weighted by atomic mass is 19.1. The van der Waals surface area contributed by atoms with Crippen molar-refractivity contribution in [2.45, 2.75) is 53.9 Å². The summed E-state index contributed by atoms with van der Waals surface area (Å²) in [6, 6.07) is 0. The van der Waals surface area contributed by atoms with E-state index in [1.807, 2.05) is 32.1 Å². The molecule has 1 aliphatic carbocycles. The lowest BCUT2D eigenvalue weighted by Gasteiger charge is -2.33. The molecule has 0 radical (unpaired) electrons. The van der Waals surface area contributed by atoms with Gasteiger partial charge in [-0.1, -0.05) is 50.1 Å². The van der Waals surface area contributed by atoms with E-state index < -0.39 is 0 Å². The zero-order valence-electron chi connectivity index (χ0n) is 21.0. The Labute approximate surface area is 200 Å². The van der Waals surface area contributed by atoms with E-state index in [9.17, 15) is 4.39 Å². The van der Waals surface area contributed by atoms with Crippen molar-refractivity contribution < 1.29 is 4.39 Å². The molecule has 1 saturated heterocycles. The van der Waals surface area contributed by atoms with Crippen molar-refractivity contribution in [1.82, 2.24) is 15.5 Å². The average molecular weight is 453 g/mol. The van der Waals surface area contributed by atoms with Gasteiger partial charge in [-0.3, -0.25) is 4.99 Å². The van der Waals surface area contributed by atoms with Gasteiger partial charge in [0, 0.05) is 44.5 Å². The van der Waals surface area contributed by atoms with Crippen LogP contribution >= 0.6 is 0 Å². The van der Waals surface area contributed by atoms with Crippen LogP contribution < -0.4 is 10.6 Å². The highest BCUT2D eigenvalue weighted by Gasteiger charge is 2.19. The molecule has 0 aromatic rings. The van der Waals surface area contributed by atoms with Crippen molar-refractivity contribution in [2.24, 2.45) is 4.99 Å². The van der Waals surface area contributed by atoms with Crippen LogP contribution in [-0.4, -0.2) is 43.3 Å². The lowest BCUT2D eigenvalue weighted by atomic mass is 9.97. The number of piperazine rings is 1. The number of hydrogen-bond acceptors (Lipinski definition) is 4. The van der Waals surface area contributed by atoms with Crippen LogP contribution in [-0.2, 0) is 0 Å². The smallest absolute Gasteiger partial charge is 0.132 e. The van der Waals surface area contributed by atoms with E-state index >= 15 is 0 Å². The highest BCUT2D eigenvalue weighted by Crippen LogP contribution is 2.24. The maximum atomic E-state index is 15.0. The summed E-state index contributed by atoms with van der Waals surface area (Å²) in [5.74, 6) is -0.215. The first-order valence-electron chi connectivity index (χ1n) is 12.2. The Morgan fingerprint density at radius 2 is 1.94 bits per heavy atom. The molecule has 0 spiro atoms. The largest absolute Gasteiger partial charge is 0.380 e. The van der Waals surface area contributed by atoms with Gasteiger partial charge in [-0.25, -0.2) is 4.39 Å². The van der Waals surface area contributed by atoms with Crippen LogP contribution in [0.4, 0.5) is 4.39 Å². The lowest BCUT2D eigenvalue weighted by molar-refractivity contribution is 0.301. The molecule has 1 fully saturated rings. The zero-order valence-corrected chi connectivity index (χ0v) is 21.0. The number of aliphatic imine (C=N–C) groups is 1. The van der Waals surface area contributed by atoms with Crippen molar-refractivity contribution in [3.8, 4) is 0 Å². The normalized spacial score (nSPS) is 21.2. The van der Waals surface area contributed by atoms with Crippen molar-refractivity contribution in [3.63, 3.8) is 0 Å². The number of allylic oxidation sites excluding steroid dienone is 9. The van der Waals surface area contributed by atoms with E-state index in [0.717, 1.165) is 56.7 Å². The molecule has 180 valence electrons.